The molecule has 0 aliphatic carbocycles. The van der Waals surface area contributed by atoms with Crippen molar-refractivity contribution >= 4 is 35.5 Å². The van der Waals surface area contributed by atoms with Crippen LogP contribution in [0.15, 0.2) is 0 Å². The number of hydrogen-bond donors (Lipinski definition) is 0. The van der Waals surface area contributed by atoms with E-state index in [0.29, 0.717) is 6.61 Å². The third kappa shape index (κ3) is 5.12. The molecule has 0 spiro atoms. The molecule has 6 heteroatoms. The summed E-state index contributed by atoms with van der Waals surface area (Å²) in [5.41, 5.74) is -0.204. The van der Waals surface area contributed by atoms with Crippen molar-refractivity contribution in [1.82, 2.24) is 0 Å². The van der Waals surface area contributed by atoms with Crippen molar-refractivity contribution in [2.45, 2.75) is 31.0 Å². The molecule has 1 fully saturated rings. The molecule has 0 aromatic heterocycles. The quantitative estimate of drug-likeness (QED) is 0.723. The predicted octanol–water partition coefficient (Wildman–Crippen LogP) is 1.68. The van der Waals surface area contributed by atoms with Gasteiger partial charge in [0.25, 0.3) is 0 Å². The summed E-state index contributed by atoms with van der Waals surface area (Å²) in [6, 6.07) is 0. The van der Waals surface area contributed by atoms with Crippen LogP contribution < -0.4 is 0 Å². The first-order valence-corrected chi connectivity index (χ1v) is 7.23. The predicted molar refractivity (Wildman–Crippen MR) is 65.5 cm³/mol. The second-order valence-electron chi connectivity index (χ2n) is 3.41. The molecule has 0 N–H and O–H groups in total. The number of thioether (sulfide) groups is 2. The molecule has 2 unspecified atom stereocenters. The van der Waals surface area contributed by atoms with E-state index in [1.54, 1.807) is 23.5 Å². The number of esters is 2. The summed E-state index contributed by atoms with van der Waals surface area (Å²) in [5, 5.41) is 0.0419. The Morgan fingerprint density at radius 3 is 2.50 bits per heavy atom. The molecular weight excluding hydrogens is 248 g/mol. The van der Waals surface area contributed by atoms with E-state index < -0.39 is 0 Å². The van der Waals surface area contributed by atoms with E-state index in [4.69, 9.17) is 9.47 Å². The Hall–Kier alpha value is -0.360. The normalized spacial score (nSPS) is 25.6. The smallest absolute Gasteiger partial charge is 0.303 e. The zero-order valence-electron chi connectivity index (χ0n) is 9.43. The lowest BCUT2D eigenvalue weighted by molar-refractivity contribution is -0.144. The molecule has 0 saturated carbocycles. The maximum Gasteiger partial charge on any atom is 0.303 e. The number of rotatable bonds is 3. The first-order chi connectivity index (χ1) is 7.59. The molecule has 4 nitrogen and oxygen atoms in total. The summed E-state index contributed by atoms with van der Waals surface area (Å²) in [5.74, 6) is 1.40. The summed E-state index contributed by atoms with van der Waals surface area (Å²) in [6.45, 7) is 3.10. The largest absolute Gasteiger partial charge is 0.465 e. The van der Waals surface area contributed by atoms with Gasteiger partial charge in [-0.05, 0) is 17.9 Å². The van der Waals surface area contributed by atoms with Crippen molar-refractivity contribution in [3.63, 3.8) is 0 Å². The van der Waals surface area contributed by atoms with Gasteiger partial charge in [-0.2, -0.15) is 11.8 Å². The monoisotopic (exact) mass is 264 g/mol. The van der Waals surface area contributed by atoms with Crippen LogP contribution in [0.1, 0.15) is 20.3 Å². The van der Waals surface area contributed by atoms with E-state index >= 15 is 0 Å². The lowest BCUT2D eigenvalue weighted by Crippen LogP contribution is -2.29. The fraction of sp³-hybridized carbons (Fsp3) is 0.800. The van der Waals surface area contributed by atoms with Gasteiger partial charge in [0.2, 0.25) is 0 Å². The first kappa shape index (κ1) is 13.7. The van der Waals surface area contributed by atoms with Gasteiger partial charge in [0, 0.05) is 13.8 Å². The van der Waals surface area contributed by atoms with E-state index in [2.05, 4.69) is 0 Å². The third-order valence-electron chi connectivity index (χ3n) is 1.94. The second-order valence-corrected chi connectivity index (χ2v) is 5.97. The van der Waals surface area contributed by atoms with Crippen molar-refractivity contribution in [1.29, 1.82) is 0 Å². The van der Waals surface area contributed by atoms with Crippen LogP contribution in [-0.2, 0) is 19.1 Å². The van der Waals surface area contributed by atoms with E-state index in [-0.39, 0.29) is 22.6 Å². The van der Waals surface area contributed by atoms with Crippen molar-refractivity contribution < 1.29 is 19.1 Å². The van der Waals surface area contributed by atoms with Gasteiger partial charge in [-0.15, -0.1) is 11.8 Å². The van der Waals surface area contributed by atoms with Crippen LogP contribution in [0.2, 0.25) is 0 Å². The van der Waals surface area contributed by atoms with Gasteiger partial charge in [-0.3, -0.25) is 9.59 Å². The Balaban J connectivity index is 2.51. The van der Waals surface area contributed by atoms with Crippen LogP contribution in [0.25, 0.3) is 0 Å². The van der Waals surface area contributed by atoms with E-state index in [0.717, 1.165) is 17.9 Å². The highest BCUT2D eigenvalue weighted by Crippen LogP contribution is 2.31. The van der Waals surface area contributed by atoms with Crippen LogP contribution in [0.3, 0.4) is 0 Å². The fourth-order valence-corrected chi connectivity index (χ4v) is 3.96. The molecule has 2 atom stereocenters. The molecule has 92 valence electrons. The minimum Gasteiger partial charge on any atom is -0.465 e. The lowest BCUT2D eigenvalue weighted by Gasteiger charge is -2.22. The summed E-state index contributed by atoms with van der Waals surface area (Å²) in [6.07, 6.45) is 1.09. The van der Waals surface area contributed by atoms with Crippen LogP contribution in [-0.4, -0.2) is 40.7 Å². The van der Waals surface area contributed by atoms with Gasteiger partial charge >= 0.3 is 11.9 Å². The Kier molecular flexibility index (Phi) is 6.05. The van der Waals surface area contributed by atoms with Gasteiger partial charge in [-0.25, -0.2) is 0 Å². The summed E-state index contributed by atoms with van der Waals surface area (Å²) in [7, 11) is 0. The van der Waals surface area contributed by atoms with E-state index in [1.807, 2.05) is 0 Å². The minimum absolute atomic E-state index is 0.0419. The SMILES string of the molecule is CC(=O)OCC1SCCCSC1OC(C)=O. The average molecular weight is 264 g/mol. The van der Waals surface area contributed by atoms with Gasteiger partial charge < -0.3 is 9.47 Å². The van der Waals surface area contributed by atoms with Crippen molar-refractivity contribution in [3.05, 3.63) is 0 Å². The lowest BCUT2D eigenvalue weighted by atomic mass is 10.4. The van der Waals surface area contributed by atoms with Gasteiger partial charge in [0.1, 0.15) is 6.61 Å². The van der Waals surface area contributed by atoms with E-state index in [9.17, 15) is 9.59 Å². The molecule has 0 bridgehead atoms. The fourth-order valence-electron chi connectivity index (χ4n) is 1.28. The number of ether oxygens (including phenoxy) is 2. The Bertz CT molecular complexity index is 257. The standard InChI is InChI=1S/C10H16O4S2/c1-7(11)13-6-9-10(14-8(2)12)16-5-3-4-15-9/h9-10H,3-6H2,1-2H3. The van der Waals surface area contributed by atoms with Crippen molar-refractivity contribution in [3.8, 4) is 0 Å². The zero-order valence-corrected chi connectivity index (χ0v) is 11.1. The van der Waals surface area contributed by atoms with Crippen LogP contribution in [0.5, 0.6) is 0 Å². The molecule has 0 radical (unpaired) electrons. The molecular formula is C10H16O4S2. The number of hydrogen-bond acceptors (Lipinski definition) is 6. The highest BCUT2D eigenvalue weighted by Gasteiger charge is 2.28. The average Bonchev–Trinajstić information content (AvgIpc) is 2.39. The Morgan fingerprint density at radius 1 is 1.19 bits per heavy atom. The molecule has 1 rings (SSSR count). The molecule has 0 amide bonds. The van der Waals surface area contributed by atoms with Crippen LogP contribution in [0, 0.1) is 0 Å². The number of carbonyl (C=O) groups excluding carboxylic acids is 2. The van der Waals surface area contributed by atoms with Crippen LogP contribution in [0.4, 0.5) is 0 Å². The molecule has 1 saturated heterocycles. The first-order valence-electron chi connectivity index (χ1n) is 5.13. The van der Waals surface area contributed by atoms with E-state index in [1.165, 1.54) is 13.8 Å². The van der Waals surface area contributed by atoms with Gasteiger partial charge in [-0.1, -0.05) is 0 Å². The maximum absolute atomic E-state index is 11.0. The van der Waals surface area contributed by atoms with Crippen LogP contribution >= 0.6 is 23.5 Å². The molecule has 1 heterocycles. The molecule has 16 heavy (non-hydrogen) atoms. The third-order valence-corrected chi connectivity index (χ3v) is 4.73. The minimum atomic E-state index is -0.295. The topological polar surface area (TPSA) is 52.6 Å². The summed E-state index contributed by atoms with van der Waals surface area (Å²) >= 11 is 3.32. The second kappa shape index (κ2) is 7.06. The Morgan fingerprint density at radius 2 is 1.88 bits per heavy atom. The number of carbonyl (C=O) groups is 2. The summed E-state index contributed by atoms with van der Waals surface area (Å²) in [4.78, 5) is 21.7. The summed E-state index contributed by atoms with van der Waals surface area (Å²) < 4.78 is 10.2. The zero-order chi connectivity index (χ0) is 12.0. The highest BCUT2D eigenvalue weighted by molar-refractivity contribution is 8.04. The molecule has 0 aromatic carbocycles. The molecule has 1 aliphatic heterocycles. The Labute approximate surface area is 104 Å². The van der Waals surface area contributed by atoms with Gasteiger partial charge in [0.05, 0.1) is 5.25 Å². The highest BCUT2D eigenvalue weighted by atomic mass is 32.2. The van der Waals surface area contributed by atoms with Crippen molar-refractivity contribution in [2.24, 2.45) is 0 Å². The molecule has 0 aromatic rings. The van der Waals surface area contributed by atoms with Gasteiger partial charge in [0.15, 0.2) is 5.44 Å². The molecule has 1 aliphatic rings. The maximum atomic E-state index is 11.0. The van der Waals surface area contributed by atoms with Crippen molar-refractivity contribution in [2.75, 3.05) is 18.1 Å².